The summed E-state index contributed by atoms with van der Waals surface area (Å²) in [6.45, 7) is 0. The lowest BCUT2D eigenvalue weighted by molar-refractivity contribution is 1.40. The molecule has 0 atom stereocenters. The highest BCUT2D eigenvalue weighted by molar-refractivity contribution is 7.98. The van der Waals surface area contributed by atoms with E-state index >= 15 is 0 Å². The molecule has 0 saturated carbocycles. The van der Waals surface area contributed by atoms with Crippen LogP contribution in [0.2, 0.25) is 9.49 Å². The van der Waals surface area contributed by atoms with Gasteiger partial charge < -0.3 is 0 Å². The van der Waals surface area contributed by atoms with E-state index in [1.165, 1.54) is 16.2 Å². The van der Waals surface area contributed by atoms with Gasteiger partial charge in [-0.25, -0.2) is 4.98 Å². The second kappa shape index (κ2) is 6.41. The molecule has 1 nitrogen and oxygen atoms in total. The minimum atomic E-state index is 0.545. The zero-order chi connectivity index (χ0) is 14.8. The molecule has 1 heterocycles. The Bertz CT molecular complexity index is 749. The predicted molar refractivity (Wildman–Crippen MR) is 94.8 cm³/mol. The molecule has 0 aliphatic rings. The van der Waals surface area contributed by atoms with Gasteiger partial charge in [-0.2, -0.15) is 0 Å². The first-order valence-electron chi connectivity index (χ1n) is 6.24. The van der Waals surface area contributed by atoms with E-state index in [-0.39, 0.29) is 0 Å². The van der Waals surface area contributed by atoms with Crippen LogP contribution in [0, 0.1) is 0 Å². The van der Waals surface area contributed by atoms with Crippen LogP contribution in [0.5, 0.6) is 0 Å². The Kier molecular flexibility index (Phi) is 4.55. The zero-order valence-electron chi connectivity index (χ0n) is 11.1. The van der Waals surface area contributed by atoms with Crippen molar-refractivity contribution >= 4 is 46.3 Å². The highest BCUT2D eigenvalue weighted by atomic mass is 35.5. The van der Waals surface area contributed by atoms with Crippen molar-refractivity contribution in [1.29, 1.82) is 0 Å². The van der Waals surface area contributed by atoms with Crippen molar-refractivity contribution in [2.24, 2.45) is 0 Å². The summed E-state index contributed by atoms with van der Waals surface area (Å²) < 4.78 is 0.545. The quantitative estimate of drug-likeness (QED) is 0.499. The molecule has 0 N–H and O–H groups in total. The molecule has 0 bridgehead atoms. The number of aromatic nitrogens is 1. The Morgan fingerprint density at radius 2 is 1.52 bits per heavy atom. The van der Waals surface area contributed by atoms with Crippen LogP contribution in [0.3, 0.4) is 0 Å². The summed E-state index contributed by atoms with van der Waals surface area (Å²) >= 11 is 15.3. The molecule has 0 aliphatic carbocycles. The first-order chi connectivity index (χ1) is 10.2. The second-order valence-electron chi connectivity index (χ2n) is 4.38. The van der Waals surface area contributed by atoms with E-state index in [9.17, 15) is 0 Å². The van der Waals surface area contributed by atoms with Gasteiger partial charge in [-0.15, -0.1) is 23.1 Å². The molecule has 106 valence electrons. The Balaban J connectivity index is 2.08. The molecule has 2 aromatic carbocycles. The number of thioether (sulfide) groups is 1. The molecule has 0 radical (unpaired) electrons. The van der Waals surface area contributed by atoms with E-state index in [0.29, 0.717) is 9.49 Å². The van der Waals surface area contributed by atoms with Crippen molar-refractivity contribution in [1.82, 2.24) is 4.98 Å². The number of halogens is 2. The predicted octanol–water partition coefficient (Wildman–Crippen LogP) is 6.51. The molecule has 0 saturated heterocycles. The largest absolute Gasteiger partial charge is 0.224 e. The number of benzene rings is 2. The van der Waals surface area contributed by atoms with Crippen molar-refractivity contribution in [3.05, 3.63) is 58.0 Å². The normalized spacial score (nSPS) is 10.8. The third-order valence-electron chi connectivity index (χ3n) is 3.07. The summed E-state index contributed by atoms with van der Waals surface area (Å²) in [5, 5.41) is 0.714. The topological polar surface area (TPSA) is 12.9 Å². The summed E-state index contributed by atoms with van der Waals surface area (Å²) in [7, 11) is 0. The summed E-state index contributed by atoms with van der Waals surface area (Å²) in [5.74, 6) is 0. The molecule has 0 amide bonds. The van der Waals surface area contributed by atoms with Gasteiger partial charge in [0.1, 0.15) is 0 Å². The molecule has 21 heavy (non-hydrogen) atoms. The molecule has 0 unspecified atom stereocenters. The van der Waals surface area contributed by atoms with E-state index in [4.69, 9.17) is 23.2 Å². The van der Waals surface area contributed by atoms with Crippen molar-refractivity contribution in [2.45, 2.75) is 4.90 Å². The van der Waals surface area contributed by atoms with Gasteiger partial charge in [0.25, 0.3) is 0 Å². The van der Waals surface area contributed by atoms with Crippen LogP contribution in [0.25, 0.3) is 21.7 Å². The molecule has 3 aromatic rings. The molecule has 0 aliphatic heterocycles. The number of thiazole rings is 1. The van der Waals surface area contributed by atoms with Gasteiger partial charge in [0.15, 0.2) is 4.47 Å². The Hall–Kier alpha value is -1.00. The van der Waals surface area contributed by atoms with Gasteiger partial charge in [0.05, 0.1) is 10.6 Å². The van der Waals surface area contributed by atoms with Gasteiger partial charge in [0, 0.05) is 15.5 Å². The molecular formula is C16H11Cl2NS2. The van der Waals surface area contributed by atoms with Crippen LogP contribution in [0.4, 0.5) is 0 Å². The van der Waals surface area contributed by atoms with E-state index in [1.54, 1.807) is 11.8 Å². The van der Waals surface area contributed by atoms with Crippen LogP contribution in [0.15, 0.2) is 53.4 Å². The molecular weight excluding hydrogens is 341 g/mol. The minimum absolute atomic E-state index is 0.545. The molecule has 3 rings (SSSR count). The van der Waals surface area contributed by atoms with Crippen LogP contribution in [0.1, 0.15) is 0 Å². The number of hydrogen-bond donors (Lipinski definition) is 0. The molecule has 0 spiro atoms. The van der Waals surface area contributed by atoms with Gasteiger partial charge in [-0.3, -0.25) is 0 Å². The Morgan fingerprint density at radius 3 is 2.14 bits per heavy atom. The van der Waals surface area contributed by atoms with E-state index in [0.717, 1.165) is 21.7 Å². The average molecular weight is 352 g/mol. The van der Waals surface area contributed by atoms with E-state index in [1.807, 2.05) is 24.3 Å². The van der Waals surface area contributed by atoms with Crippen molar-refractivity contribution < 1.29 is 0 Å². The van der Waals surface area contributed by atoms with Gasteiger partial charge in [-0.05, 0) is 36.1 Å². The highest BCUT2D eigenvalue weighted by Crippen LogP contribution is 2.39. The van der Waals surface area contributed by atoms with Crippen LogP contribution in [-0.4, -0.2) is 11.2 Å². The third-order valence-corrected chi connectivity index (χ3v) is 5.28. The number of nitrogens with zero attached hydrogens (tertiary/aromatic N) is 1. The fourth-order valence-electron chi connectivity index (χ4n) is 2.04. The lowest BCUT2D eigenvalue weighted by Gasteiger charge is -2.04. The number of hydrogen-bond acceptors (Lipinski definition) is 3. The molecule has 5 heteroatoms. The van der Waals surface area contributed by atoms with Gasteiger partial charge >= 0.3 is 0 Å². The zero-order valence-corrected chi connectivity index (χ0v) is 14.3. The first kappa shape index (κ1) is 14.9. The molecule has 0 fully saturated rings. The fraction of sp³-hybridized carbons (Fsp3) is 0.0625. The van der Waals surface area contributed by atoms with E-state index < -0.39 is 0 Å². The third kappa shape index (κ3) is 3.27. The maximum Gasteiger partial charge on any atom is 0.184 e. The van der Waals surface area contributed by atoms with E-state index in [2.05, 4.69) is 35.5 Å². The summed E-state index contributed by atoms with van der Waals surface area (Å²) in [6, 6.07) is 16.1. The minimum Gasteiger partial charge on any atom is -0.224 e. The second-order valence-corrected chi connectivity index (χ2v) is 7.28. The van der Waals surface area contributed by atoms with Crippen molar-refractivity contribution in [2.75, 3.05) is 6.26 Å². The standard InChI is InChI=1S/C16H11Cl2NS2/c1-20-13-8-4-11(5-9-13)15-14(19-16(18)21-15)10-2-6-12(17)7-3-10/h2-9H,1H3. The van der Waals surface area contributed by atoms with Crippen molar-refractivity contribution in [3.63, 3.8) is 0 Å². The monoisotopic (exact) mass is 351 g/mol. The van der Waals surface area contributed by atoms with Crippen LogP contribution >= 0.6 is 46.3 Å². The van der Waals surface area contributed by atoms with Crippen LogP contribution in [-0.2, 0) is 0 Å². The van der Waals surface area contributed by atoms with Gasteiger partial charge in [-0.1, -0.05) is 47.5 Å². The summed E-state index contributed by atoms with van der Waals surface area (Å²) in [5.41, 5.74) is 3.05. The molecule has 1 aromatic heterocycles. The summed E-state index contributed by atoms with van der Waals surface area (Å²) in [4.78, 5) is 6.78. The highest BCUT2D eigenvalue weighted by Gasteiger charge is 2.14. The maximum atomic E-state index is 6.13. The number of rotatable bonds is 3. The lowest BCUT2D eigenvalue weighted by Crippen LogP contribution is -1.82. The van der Waals surface area contributed by atoms with Crippen LogP contribution < -0.4 is 0 Å². The summed E-state index contributed by atoms with van der Waals surface area (Å²) in [6.07, 6.45) is 2.07. The first-order valence-corrected chi connectivity index (χ1v) is 9.04. The van der Waals surface area contributed by atoms with Crippen molar-refractivity contribution in [3.8, 4) is 21.7 Å². The Morgan fingerprint density at radius 1 is 0.905 bits per heavy atom. The average Bonchev–Trinajstić information content (AvgIpc) is 2.90. The maximum absolute atomic E-state index is 6.13. The van der Waals surface area contributed by atoms with Gasteiger partial charge in [0.2, 0.25) is 0 Å². The SMILES string of the molecule is CSc1ccc(-c2sc(Cl)nc2-c2ccc(Cl)cc2)cc1. The lowest BCUT2D eigenvalue weighted by atomic mass is 10.1. The smallest absolute Gasteiger partial charge is 0.184 e. The Labute approximate surface area is 142 Å². The fourth-order valence-corrected chi connectivity index (χ4v) is 3.71.